The average Bonchev–Trinajstić information content (AvgIpc) is 3.26. The Balaban J connectivity index is 1.41. The minimum absolute atomic E-state index is 0.0926. The lowest BCUT2D eigenvalue weighted by Gasteiger charge is -2.33. The molecule has 6 nitrogen and oxygen atoms in total. The first kappa shape index (κ1) is 19.4. The minimum atomic E-state index is -0.739. The topological polar surface area (TPSA) is 75.7 Å². The van der Waals surface area contributed by atoms with Crippen LogP contribution >= 0.6 is 11.8 Å². The van der Waals surface area contributed by atoms with Gasteiger partial charge in [0.2, 0.25) is 5.91 Å². The molecule has 2 aliphatic heterocycles. The first-order valence-corrected chi connectivity index (χ1v) is 10.2. The second kappa shape index (κ2) is 7.87. The van der Waals surface area contributed by atoms with E-state index in [4.69, 9.17) is 4.74 Å². The molecule has 0 aliphatic carbocycles. The Morgan fingerprint density at radius 2 is 2.00 bits per heavy atom. The van der Waals surface area contributed by atoms with Crippen LogP contribution in [0.25, 0.3) is 0 Å². The largest absolute Gasteiger partial charge is 0.454 e. The second-order valence-corrected chi connectivity index (χ2v) is 8.20. The lowest BCUT2D eigenvalue weighted by atomic mass is 10.0. The van der Waals surface area contributed by atoms with Crippen molar-refractivity contribution in [3.05, 3.63) is 66.0 Å². The summed E-state index contributed by atoms with van der Waals surface area (Å²) in [6.07, 6.45) is 0.996. The molecule has 150 valence electrons. The van der Waals surface area contributed by atoms with Crippen molar-refractivity contribution >= 4 is 35.2 Å². The molecule has 29 heavy (non-hydrogen) atoms. The molecule has 2 aromatic carbocycles. The van der Waals surface area contributed by atoms with Crippen LogP contribution in [0.5, 0.6) is 0 Å². The van der Waals surface area contributed by atoms with Gasteiger partial charge in [0.15, 0.2) is 6.61 Å². The molecule has 0 bridgehead atoms. The molecule has 0 aromatic heterocycles. The zero-order valence-electron chi connectivity index (χ0n) is 15.5. The first-order chi connectivity index (χ1) is 14.0. The van der Waals surface area contributed by atoms with Gasteiger partial charge < -0.3 is 15.0 Å². The van der Waals surface area contributed by atoms with Gasteiger partial charge in [-0.2, -0.15) is 0 Å². The van der Waals surface area contributed by atoms with Gasteiger partial charge in [-0.05, 0) is 30.2 Å². The lowest BCUT2D eigenvalue weighted by Crippen LogP contribution is -2.47. The van der Waals surface area contributed by atoms with Crippen LogP contribution in [-0.4, -0.2) is 41.1 Å². The summed E-state index contributed by atoms with van der Waals surface area (Å²) in [5.41, 5.74) is 1.26. The number of thioether (sulfide) groups is 1. The molecule has 2 atom stereocenters. The summed E-state index contributed by atoms with van der Waals surface area (Å²) in [5, 5.41) is 2.48. The monoisotopic (exact) mass is 414 g/mol. The van der Waals surface area contributed by atoms with Gasteiger partial charge in [-0.1, -0.05) is 36.4 Å². The predicted octanol–water partition coefficient (Wildman–Crippen LogP) is 2.90. The second-order valence-electron chi connectivity index (χ2n) is 6.91. The van der Waals surface area contributed by atoms with Gasteiger partial charge in [0.05, 0.1) is 0 Å². The van der Waals surface area contributed by atoms with E-state index in [1.807, 2.05) is 30.3 Å². The fourth-order valence-electron chi connectivity index (χ4n) is 3.81. The highest BCUT2D eigenvalue weighted by Gasteiger charge is 2.57. The SMILES string of the molecule is O=C(COC(=O)[C@@H]1CS[C@@]2(c3ccccc3)CCC(=O)N12)Nc1cccc(F)c1. The molecule has 2 aromatic rings. The Hall–Kier alpha value is -2.87. The van der Waals surface area contributed by atoms with Crippen LogP contribution in [0.4, 0.5) is 10.1 Å². The number of halogens is 1. The molecule has 2 fully saturated rings. The standard InChI is InChI=1S/C21H19FN2O4S/c22-15-7-4-8-16(11-15)23-18(25)12-28-20(27)17-13-29-21(10-9-19(26)24(17)21)14-5-2-1-3-6-14/h1-8,11,17H,9-10,12-13H2,(H,23,25)/t17-,21+/m0/s1. The van der Waals surface area contributed by atoms with Crippen LogP contribution in [-0.2, 0) is 24.0 Å². The number of anilines is 1. The van der Waals surface area contributed by atoms with E-state index in [1.54, 1.807) is 16.7 Å². The maximum Gasteiger partial charge on any atom is 0.330 e. The molecule has 0 unspecified atom stereocenters. The summed E-state index contributed by atoms with van der Waals surface area (Å²) in [6.45, 7) is -0.503. The molecule has 2 heterocycles. The first-order valence-electron chi connectivity index (χ1n) is 9.23. The van der Waals surface area contributed by atoms with Crippen LogP contribution in [0.2, 0.25) is 0 Å². The number of amides is 2. The molecule has 8 heteroatoms. The maximum atomic E-state index is 13.2. The zero-order chi connectivity index (χ0) is 20.4. The van der Waals surface area contributed by atoms with Crippen LogP contribution in [0.1, 0.15) is 18.4 Å². The summed E-state index contributed by atoms with van der Waals surface area (Å²) in [7, 11) is 0. The Morgan fingerprint density at radius 1 is 1.21 bits per heavy atom. The van der Waals surface area contributed by atoms with E-state index in [0.717, 1.165) is 5.56 Å². The zero-order valence-corrected chi connectivity index (χ0v) is 16.3. The van der Waals surface area contributed by atoms with Gasteiger partial charge in [-0.15, -0.1) is 11.8 Å². The molecule has 1 N–H and O–H groups in total. The summed E-state index contributed by atoms with van der Waals surface area (Å²) >= 11 is 1.55. The number of nitrogens with zero attached hydrogens (tertiary/aromatic N) is 1. The highest BCUT2D eigenvalue weighted by molar-refractivity contribution is 8.00. The summed E-state index contributed by atoms with van der Waals surface area (Å²) in [4.78, 5) is 38.3. The molecule has 0 spiro atoms. The van der Waals surface area contributed by atoms with Crippen LogP contribution in [0, 0.1) is 5.82 Å². The van der Waals surface area contributed by atoms with Crippen molar-refractivity contribution in [2.45, 2.75) is 23.8 Å². The van der Waals surface area contributed by atoms with E-state index in [0.29, 0.717) is 18.6 Å². The number of hydrogen-bond acceptors (Lipinski definition) is 5. The van der Waals surface area contributed by atoms with Crippen molar-refractivity contribution in [2.75, 3.05) is 17.7 Å². The Kier molecular flexibility index (Phi) is 5.27. The van der Waals surface area contributed by atoms with Gasteiger partial charge >= 0.3 is 5.97 Å². The summed E-state index contributed by atoms with van der Waals surface area (Å²) in [5.74, 6) is -1.35. The number of nitrogens with one attached hydrogen (secondary N) is 1. The number of carbonyl (C=O) groups excluding carboxylic acids is 3. The van der Waals surface area contributed by atoms with E-state index < -0.39 is 35.2 Å². The average molecular weight is 414 g/mol. The summed E-state index contributed by atoms with van der Waals surface area (Å²) < 4.78 is 18.4. The minimum Gasteiger partial charge on any atom is -0.454 e. The highest BCUT2D eigenvalue weighted by Crippen LogP contribution is 2.54. The third kappa shape index (κ3) is 3.72. The van der Waals surface area contributed by atoms with Crippen molar-refractivity contribution in [3.63, 3.8) is 0 Å². The Labute approximate surface area is 171 Å². The van der Waals surface area contributed by atoms with E-state index in [2.05, 4.69) is 5.32 Å². The third-order valence-electron chi connectivity index (χ3n) is 5.08. The quantitative estimate of drug-likeness (QED) is 0.762. The maximum absolute atomic E-state index is 13.2. The lowest BCUT2D eigenvalue weighted by molar-refractivity contribution is -0.155. The number of fused-ring (bicyclic) bond motifs is 1. The van der Waals surface area contributed by atoms with Gasteiger partial charge in [0.25, 0.3) is 5.91 Å². The van der Waals surface area contributed by atoms with E-state index in [1.165, 1.54) is 24.3 Å². The smallest absolute Gasteiger partial charge is 0.330 e. The summed E-state index contributed by atoms with van der Waals surface area (Å²) in [6, 6.07) is 14.3. The van der Waals surface area contributed by atoms with Crippen LogP contribution < -0.4 is 5.32 Å². The molecular formula is C21H19FN2O4S. The van der Waals surface area contributed by atoms with Crippen LogP contribution in [0.15, 0.2) is 54.6 Å². The highest BCUT2D eigenvalue weighted by atomic mass is 32.2. The fraction of sp³-hybridized carbons (Fsp3) is 0.286. The molecule has 4 rings (SSSR count). The number of hydrogen-bond donors (Lipinski definition) is 1. The van der Waals surface area contributed by atoms with E-state index in [-0.39, 0.29) is 11.6 Å². The molecule has 2 saturated heterocycles. The van der Waals surface area contributed by atoms with Gasteiger partial charge in [-0.3, -0.25) is 9.59 Å². The number of benzene rings is 2. The molecule has 0 radical (unpaired) electrons. The van der Waals surface area contributed by atoms with E-state index >= 15 is 0 Å². The third-order valence-corrected chi connectivity index (χ3v) is 6.67. The van der Waals surface area contributed by atoms with Crippen molar-refractivity contribution in [1.82, 2.24) is 4.90 Å². The molecule has 0 saturated carbocycles. The normalized spacial score (nSPS) is 23.0. The number of esters is 1. The molecule has 2 aliphatic rings. The predicted molar refractivity (Wildman–Crippen MR) is 106 cm³/mol. The molecular weight excluding hydrogens is 395 g/mol. The van der Waals surface area contributed by atoms with Crippen molar-refractivity contribution in [1.29, 1.82) is 0 Å². The van der Waals surface area contributed by atoms with Gasteiger partial charge in [-0.25, -0.2) is 9.18 Å². The van der Waals surface area contributed by atoms with Gasteiger partial charge in [0, 0.05) is 17.9 Å². The number of rotatable bonds is 5. The number of carbonyl (C=O) groups is 3. The Bertz CT molecular complexity index is 955. The van der Waals surface area contributed by atoms with Crippen molar-refractivity contribution < 1.29 is 23.5 Å². The van der Waals surface area contributed by atoms with Crippen LogP contribution in [0.3, 0.4) is 0 Å². The fourth-order valence-corrected chi connectivity index (χ4v) is 5.45. The van der Waals surface area contributed by atoms with Crippen molar-refractivity contribution in [2.24, 2.45) is 0 Å². The Morgan fingerprint density at radius 3 is 2.76 bits per heavy atom. The van der Waals surface area contributed by atoms with Gasteiger partial charge in [0.1, 0.15) is 16.7 Å². The number of ether oxygens (including phenoxy) is 1. The van der Waals surface area contributed by atoms with Crippen molar-refractivity contribution in [3.8, 4) is 0 Å². The van der Waals surface area contributed by atoms with E-state index in [9.17, 15) is 18.8 Å². The molecule has 2 amide bonds.